The van der Waals surface area contributed by atoms with E-state index >= 15 is 0 Å². The van der Waals surface area contributed by atoms with Crippen LogP contribution in [0.15, 0.2) is 0 Å². The third-order valence-corrected chi connectivity index (χ3v) is 5.07. The van der Waals surface area contributed by atoms with Gasteiger partial charge in [0, 0.05) is 51.6 Å². The smallest absolute Gasteiger partial charge is 0.223 e. The van der Waals surface area contributed by atoms with E-state index in [2.05, 4.69) is 37.5 Å². The number of aromatic amines is 1. The molecular formula is C15H27N7O. The molecule has 1 atom stereocenters. The number of likely N-dealkylation sites (tertiary alicyclic amines) is 1. The van der Waals surface area contributed by atoms with Crippen LogP contribution in [0, 0.1) is 0 Å². The number of hydrogen-bond donors (Lipinski definition) is 1. The quantitative estimate of drug-likeness (QED) is 0.806. The summed E-state index contributed by atoms with van der Waals surface area (Å²) in [5.74, 6) is 0.807. The minimum Gasteiger partial charge on any atom is -0.340 e. The van der Waals surface area contributed by atoms with Gasteiger partial charge < -0.3 is 9.80 Å². The van der Waals surface area contributed by atoms with E-state index in [4.69, 9.17) is 0 Å². The summed E-state index contributed by atoms with van der Waals surface area (Å²) < 4.78 is 0. The molecule has 0 spiro atoms. The van der Waals surface area contributed by atoms with Crippen LogP contribution >= 0.6 is 0 Å². The topological polar surface area (TPSA) is 81.2 Å². The Labute approximate surface area is 137 Å². The number of tetrazole rings is 1. The summed E-state index contributed by atoms with van der Waals surface area (Å²) in [5.41, 5.74) is 0. The molecule has 0 aromatic carbocycles. The molecule has 8 nitrogen and oxygen atoms in total. The average Bonchev–Trinajstić information content (AvgIpc) is 3.09. The number of piperazine rings is 1. The normalized spacial score (nSPS) is 24.0. The predicted molar refractivity (Wildman–Crippen MR) is 85.8 cm³/mol. The van der Waals surface area contributed by atoms with Gasteiger partial charge in [0.25, 0.3) is 0 Å². The van der Waals surface area contributed by atoms with Gasteiger partial charge in [-0.1, -0.05) is 11.6 Å². The van der Waals surface area contributed by atoms with Gasteiger partial charge in [-0.25, -0.2) is 0 Å². The Morgan fingerprint density at radius 2 is 2.04 bits per heavy atom. The zero-order valence-corrected chi connectivity index (χ0v) is 13.9. The van der Waals surface area contributed by atoms with E-state index in [9.17, 15) is 4.79 Å². The van der Waals surface area contributed by atoms with E-state index in [1.807, 2.05) is 4.90 Å². The van der Waals surface area contributed by atoms with Gasteiger partial charge in [0.05, 0.1) is 0 Å². The Kier molecular flexibility index (Phi) is 5.56. The van der Waals surface area contributed by atoms with Gasteiger partial charge in [-0.2, -0.15) is 5.21 Å². The fourth-order valence-corrected chi connectivity index (χ4v) is 3.52. The maximum atomic E-state index is 12.3. The van der Waals surface area contributed by atoms with Crippen LogP contribution in [0.5, 0.6) is 0 Å². The maximum absolute atomic E-state index is 12.3. The van der Waals surface area contributed by atoms with Gasteiger partial charge in [-0.15, -0.1) is 10.2 Å². The summed E-state index contributed by atoms with van der Waals surface area (Å²) in [4.78, 5) is 19.2. The van der Waals surface area contributed by atoms with Crippen LogP contribution in [-0.2, 0) is 11.2 Å². The molecule has 1 aromatic heterocycles. The number of rotatable bonds is 5. The number of aromatic nitrogens is 4. The minimum atomic E-state index is 0.198. The van der Waals surface area contributed by atoms with E-state index in [0.717, 1.165) is 32.7 Å². The highest BCUT2D eigenvalue weighted by molar-refractivity contribution is 5.76. The van der Waals surface area contributed by atoms with E-state index < -0.39 is 0 Å². The lowest BCUT2D eigenvalue weighted by molar-refractivity contribution is -0.133. The average molecular weight is 321 g/mol. The summed E-state index contributed by atoms with van der Waals surface area (Å²) in [5, 5.41) is 13.7. The molecule has 1 N–H and O–H groups in total. The fourth-order valence-electron chi connectivity index (χ4n) is 3.52. The van der Waals surface area contributed by atoms with Gasteiger partial charge in [0.2, 0.25) is 5.91 Å². The Hall–Kier alpha value is -1.54. The Morgan fingerprint density at radius 3 is 2.74 bits per heavy atom. The zero-order valence-electron chi connectivity index (χ0n) is 13.9. The first kappa shape index (κ1) is 16.3. The SMILES string of the molecule is CN1CCCCC1CN1CCN(C(=O)CCc2nn[nH]n2)CC1. The number of nitrogens with one attached hydrogen (secondary N) is 1. The lowest BCUT2D eigenvalue weighted by Gasteiger charge is -2.40. The molecule has 1 unspecified atom stereocenters. The van der Waals surface area contributed by atoms with Gasteiger partial charge in [-0.3, -0.25) is 9.69 Å². The molecule has 0 saturated carbocycles. The molecule has 3 rings (SSSR count). The van der Waals surface area contributed by atoms with Crippen molar-refractivity contribution in [2.45, 2.75) is 38.1 Å². The summed E-state index contributed by atoms with van der Waals surface area (Å²) in [6.07, 6.45) is 5.01. The van der Waals surface area contributed by atoms with Crippen molar-refractivity contribution in [3.05, 3.63) is 5.82 Å². The number of carbonyl (C=O) groups excluding carboxylic acids is 1. The third-order valence-electron chi connectivity index (χ3n) is 5.07. The molecule has 128 valence electrons. The number of likely N-dealkylation sites (N-methyl/N-ethyl adjacent to an activating group) is 1. The van der Waals surface area contributed by atoms with Crippen molar-refractivity contribution >= 4 is 5.91 Å². The highest BCUT2D eigenvalue weighted by Gasteiger charge is 2.25. The van der Waals surface area contributed by atoms with E-state index in [1.54, 1.807) is 0 Å². The van der Waals surface area contributed by atoms with Crippen molar-refractivity contribution in [1.82, 2.24) is 35.3 Å². The van der Waals surface area contributed by atoms with Gasteiger partial charge in [0.15, 0.2) is 5.82 Å². The molecule has 8 heteroatoms. The van der Waals surface area contributed by atoms with Crippen LogP contribution in [0.3, 0.4) is 0 Å². The summed E-state index contributed by atoms with van der Waals surface area (Å²) in [6, 6.07) is 0.684. The van der Waals surface area contributed by atoms with Crippen molar-refractivity contribution < 1.29 is 4.79 Å². The highest BCUT2D eigenvalue weighted by Crippen LogP contribution is 2.17. The second kappa shape index (κ2) is 7.83. The standard InChI is InChI=1S/C15H27N7O/c1-20-7-3-2-4-13(20)12-21-8-10-22(11-9-21)15(23)6-5-14-16-18-19-17-14/h13H,2-12H2,1H3,(H,16,17,18,19). The van der Waals surface area contributed by atoms with Crippen LogP contribution in [0.25, 0.3) is 0 Å². The van der Waals surface area contributed by atoms with Crippen LogP contribution < -0.4 is 0 Å². The Morgan fingerprint density at radius 1 is 1.22 bits per heavy atom. The van der Waals surface area contributed by atoms with Crippen LogP contribution in [0.4, 0.5) is 0 Å². The first-order valence-corrected chi connectivity index (χ1v) is 8.65. The second-order valence-corrected chi connectivity index (χ2v) is 6.64. The number of aryl methyl sites for hydroxylation is 1. The number of hydrogen-bond acceptors (Lipinski definition) is 6. The van der Waals surface area contributed by atoms with E-state index in [0.29, 0.717) is 24.7 Å². The molecule has 2 aliphatic heterocycles. The van der Waals surface area contributed by atoms with E-state index in [-0.39, 0.29) is 5.91 Å². The summed E-state index contributed by atoms with van der Waals surface area (Å²) >= 11 is 0. The number of H-pyrrole nitrogens is 1. The molecule has 2 aliphatic rings. The van der Waals surface area contributed by atoms with Gasteiger partial charge in [0.1, 0.15) is 0 Å². The van der Waals surface area contributed by atoms with Crippen LogP contribution in [-0.4, -0.2) is 93.6 Å². The second-order valence-electron chi connectivity index (χ2n) is 6.64. The molecule has 0 radical (unpaired) electrons. The maximum Gasteiger partial charge on any atom is 0.223 e. The fraction of sp³-hybridized carbons (Fsp3) is 0.867. The molecule has 0 bridgehead atoms. The Balaban J connectivity index is 1.38. The number of nitrogens with zero attached hydrogens (tertiary/aromatic N) is 6. The van der Waals surface area contributed by atoms with E-state index in [1.165, 1.54) is 25.8 Å². The van der Waals surface area contributed by atoms with Crippen molar-refractivity contribution in [3.63, 3.8) is 0 Å². The van der Waals surface area contributed by atoms with Crippen LogP contribution in [0.1, 0.15) is 31.5 Å². The van der Waals surface area contributed by atoms with Crippen molar-refractivity contribution in [3.8, 4) is 0 Å². The first-order chi connectivity index (χ1) is 11.2. The molecular weight excluding hydrogens is 294 g/mol. The lowest BCUT2D eigenvalue weighted by atomic mass is 10.0. The lowest BCUT2D eigenvalue weighted by Crippen LogP contribution is -2.53. The Bertz CT molecular complexity index is 484. The number of piperidine rings is 1. The molecule has 2 saturated heterocycles. The van der Waals surface area contributed by atoms with Crippen molar-refractivity contribution in [1.29, 1.82) is 0 Å². The molecule has 23 heavy (non-hydrogen) atoms. The molecule has 1 aromatic rings. The number of carbonyl (C=O) groups is 1. The largest absolute Gasteiger partial charge is 0.340 e. The predicted octanol–water partition coefficient (Wildman–Crippen LogP) is -0.239. The molecule has 0 aliphatic carbocycles. The van der Waals surface area contributed by atoms with Gasteiger partial charge in [-0.05, 0) is 26.4 Å². The first-order valence-electron chi connectivity index (χ1n) is 8.65. The highest BCUT2D eigenvalue weighted by atomic mass is 16.2. The zero-order chi connectivity index (χ0) is 16.1. The molecule has 3 heterocycles. The van der Waals surface area contributed by atoms with Crippen molar-refractivity contribution in [2.75, 3.05) is 46.3 Å². The summed E-state index contributed by atoms with van der Waals surface area (Å²) in [6.45, 7) is 6.00. The van der Waals surface area contributed by atoms with Crippen molar-refractivity contribution in [2.24, 2.45) is 0 Å². The van der Waals surface area contributed by atoms with Gasteiger partial charge >= 0.3 is 0 Å². The number of amides is 1. The monoisotopic (exact) mass is 321 g/mol. The minimum absolute atomic E-state index is 0.198. The molecule has 1 amide bonds. The van der Waals surface area contributed by atoms with Crippen LogP contribution in [0.2, 0.25) is 0 Å². The third kappa shape index (κ3) is 4.48. The summed E-state index contributed by atoms with van der Waals surface area (Å²) in [7, 11) is 2.24. The molecule has 2 fully saturated rings.